The lowest BCUT2D eigenvalue weighted by atomic mass is 9.59. The van der Waals surface area contributed by atoms with Gasteiger partial charge in [0.05, 0.1) is 17.6 Å². The summed E-state index contributed by atoms with van der Waals surface area (Å²) in [6.45, 7) is 3.95. The van der Waals surface area contributed by atoms with Crippen LogP contribution in [0, 0.1) is 10.8 Å². The zero-order chi connectivity index (χ0) is 13.3. The van der Waals surface area contributed by atoms with Gasteiger partial charge in [-0.05, 0) is 26.7 Å². The fraction of sp³-hybridized carbons (Fsp3) is 0.667. The highest BCUT2D eigenvalue weighted by atomic mass is 32.1. The fourth-order valence-corrected chi connectivity index (χ4v) is 4.02. The number of nitrogens with zero attached hydrogens (tertiary/aromatic N) is 3. The Kier molecular flexibility index (Phi) is 2.06. The van der Waals surface area contributed by atoms with Gasteiger partial charge in [0, 0.05) is 0 Å². The minimum Gasteiger partial charge on any atom is -0.410 e. The Morgan fingerprint density at radius 3 is 2.79 bits per heavy atom. The summed E-state index contributed by atoms with van der Waals surface area (Å²) in [7, 11) is 0. The summed E-state index contributed by atoms with van der Waals surface area (Å²) < 4.78 is 11.4. The van der Waals surface area contributed by atoms with Crippen molar-refractivity contribution >= 4 is 28.3 Å². The first kappa shape index (κ1) is 11.5. The van der Waals surface area contributed by atoms with Gasteiger partial charge in [-0.3, -0.25) is 4.79 Å². The van der Waals surface area contributed by atoms with Gasteiger partial charge in [-0.25, -0.2) is 0 Å². The molecule has 0 aromatic carbocycles. The van der Waals surface area contributed by atoms with Crippen LogP contribution >= 0.6 is 11.3 Å². The second kappa shape index (κ2) is 3.40. The van der Waals surface area contributed by atoms with Crippen molar-refractivity contribution in [2.24, 2.45) is 15.8 Å². The maximum absolute atomic E-state index is 12.3. The standard InChI is InChI=1S/C12H13N3O3S/c1-11-6-3-4-7(17-6)12(11,2)9(16)18-8(11)14-10-15-13-5-19-10/h5-7H,3-4H2,1-2H3/b14-8-/t6-,7+,11+,12-/m0/s1. The molecule has 0 N–H and O–H groups in total. The lowest BCUT2D eigenvalue weighted by molar-refractivity contribution is -0.146. The zero-order valence-electron chi connectivity index (χ0n) is 10.6. The van der Waals surface area contributed by atoms with E-state index in [1.807, 2.05) is 13.8 Å². The van der Waals surface area contributed by atoms with Gasteiger partial charge < -0.3 is 9.47 Å². The van der Waals surface area contributed by atoms with Crippen LogP contribution in [0.1, 0.15) is 26.7 Å². The third-order valence-corrected chi connectivity index (χ3v) is 5.57. The molecule has 6 nitrogen and oxygen atoms in total. The van der Waals surface area contributed by atoms with Gasteiger partial charge in [0.2, 0.25) is 11.0 Å². The molecule has 0 amide bonds. The summed E-state index contributed by atoms with van der Waals surface area (Å²) in [6, 6.07) is 0. The summed E-state index contributed by atoms with van der Waals surface area (Å²) in [5.41, 5.74) is 0.493. The Morgan fingerprint density at radius 2 is 2.11 bits per heavy atom. The van der Waals surface area contributed by atoms with E-state index in [4.69, 9.17) is 9.47 Å². The van der Waals surface area contributed by atoms with E-state index in [1.54, 1.807) is 5.51 Å². The van der Waals surface area contributed by atoms with Gasteiger partial charge in [0.15, 0.2) is 0 Å². The predicted octanol–water partition coefficient (Wildman–Crippen LogP) is 1.70. The number of hydrogen-bond donors (Lipinski definition) is 0. The van der Waals surface area contributed by atoms with Crippen LogP contribution in [0.25, 0.3) is 0 Å². The largest absolute Gasteiger partial charge is 0.410 e. The van der Waals surface area contributed by atoms with E-state index < -0.39 is 10.8 Å². The number of fused-ring (bicyclic) bond motifs is 5. The van der Waals surface area contributed by atoms with Crippen molar-refractivity contribution in [2.45, 2.75) is 38.9 Å². The van der Waals surface area contributed by atoms with Crippen LogP contribution in [0.5, 0.6) is 0 Å². The summed E-state index contributed by atoms with van der Waals surface area (Å²) in [5, 5.41) is 8.14. The van der Waals surface area contributed by atoms with Crippen LogP contribution < -0.4 is 0 Å². The van der Waals surface area contributed by atoms with E-state index in [2.05, 4.69) is 15.2 Å². The molecule has 0 radical (unpaired) electrons. The van der Waals surface area contributed by atoms with E-state index in [-0.39, 0.29) is 18.2 Å². The average molecular weight is 279 g/mol. The molecular formula is C12H13N3O3S. The third kappa shape index (κ3) is 1.16. The van der Waals surface area contributed by atoms with Crippen molar-refractivity contribution < 1.29 is 14.3 Å². The minimum absolute atomic E-state index is 0.000575. The lowest BCUT2D eigenvalue weighted by Crippen LogP contribution is -2.48. The van der Waals surface area contributed by atoms with Gasteiger partial charge in [-0.1, -0.05) is 11.3 Å². The summed E-state index contributed by atoms with van der Waals surface area (Å²) in [6.07, 6.45) is 1.80. The van der Waals surface area contributed by atoms with E-state index in [9.17, 15) is 4.79 Å². The van der Waals surface area contributed by atoms with Crippen LogP contribution in [0.4, 0.5) is 5.13 Å². The first-order valence-corrected chi connectivity index (χ1v) is 7.18. The summed E-state index contributed by atoms with van der Waals surface area (Å²) in [4.78, 5) is 16.7. The van der Waals surface area contributed by atoms with Crippen molar-refractivity contribution in [3.8, 4) is 0 Å². The molecular weight excluding hydrogens is 266 g/mol. The maximum Gasteiger partial charge on any atom is 0.322 e. The number of cyclic esters (lactones) is 1. The van der Waals surface area contributed by atoms with Crippen molar-refractivity contribution in [1.82, 2.24) is 10.2 Å². The Balaban J connectivity index is 1.86. The molecule has 7 heteroatoms. The number of carbonyl (C=O) groups is 1. The van der Waals surface area contributed by atoms with E-state index in [1.165, 1.54) is 11.3 Å². The molecule has 3 aliphatic heterocycles. The van der Waals surface area contributed by atoms with Gasteiger partial charge >= 0.3 is 5.97 Å². The molecule has 0 aliphatic carbocycles. The van der Waals surface area contributed by atoms with Crippen LogP contribution in [-0.2, 0) is 14.3 Å². The molecule has 3 aliphatic rings. The van der Waals surface area contributed by atoms with Crippen LogP contribution in [-0.4, -0.2) is 34.3 Å². The topological polar surface area (TPSA) is 73.7 Å². The molecule has 100 valence electrons. The molecule has 3 fully saturated rings. The number of aromatic nitrogens is 2. The molecule has 4 atom stereocenters. The molecule has 0 spiro atoms. The highest BCUT2D eigenvalue weighted by Crippen LogP contribution is 2.64. The Hall–Kier alpha value is -1.34. The van der Waals surface area contributed by atoms with Gasteiger partial charge in [0.25, 0.3) is 0 Å². The normalized spacial score (nSPS) is 45.8. The number of rotatable bonds is 1. The predicted molar refractivity (Wildman–Crippen MR) is 67.2 cm³/mol. The number of ether oxygens (including phenoxy) is 2. The second-order valence-corrected chi connectivity index (χ2v) is 6.43. The summed E-state index contributed by atoms with van der Waals surface area (Å²) in [5.74, 6) is 0.203. The number of aliphatic imine (C=N–C) groups is 1. The smallest absolute Gasteiger partial charge is 0.322 e. The average Bonchev–Trinajstić information content (AvgIpc) is 3.10. The fourth-order valence-electron chi connectivity index (χ4n) is 3.60. The van der Waals surface area contributed by atoms with Crippen molar-refractivity contribution in [3.63, 3.8) is 0 Å². The molecule has 0 saturated carbocycles. The summed E-state index contributed by atoms with van der Waals surface area (Å²) >= 11 is 1.32. The Labute approximate surface area is 113 Å². The van der Waals surface area contributed by atoms with Gasteiger partial charge in [-0.15, -0.1) is 10.2 Å². The molecule has 4 heterocycles. The quantitative estimate of drug-likeness (QED) is 0.731. The molecule has 1 aromatic heterocycles. The molecule has 1 aromatic rings. The first-order valence-electron chi connectivity index (χ1n) is 6.30. The van der Waals surface area contributed by atoms with Gasteiger partial charge in [0.1, 0.15) is 10.9 Å². The third-order valence-electron chi connectivity index (χ3n) is 4.99. The van der Waals surface area contributed by atoms with E-state index in [0.29, 0.717) is 11.0 Å². The van der Waals surface area contributed by atoms with Crippen molar-refractivity contribution in [1.29, 1.82) is 0 Å². The van der Waals surface area contributed by atoms with E-state index in [0.717, 1.165) is 12.8 Å². The molecule has 3 saturated heterocycles. The number of carbonyl (C=O) groups excluding carboxylic acids is 1. The molecule has 2 bridgehead atoms. The molecule has 19 heavy (non-hydrogen) atoms. The van der Waals surface area contributed by atoms with Crippen LogP contribution in [0.15, 0.2) is 10.5 Å². The highest BCUT2D eigenvalue weighted by molar-refractivity contribution is 7.13. The maximum atomic E-state index is 12.3. The molecule has 0 unspecified atom stereocenters. The monoisotopic (exact) mass is 279 g/mol. The van der Waals surface area contributed by atoms with Crippen LogP contribution in [0.2, 0.25) is 0 Å². The number of hydrogen-bond acceptors (Lipinski definition) is 7. The number of esters is 1. The lowest BCUT2D eigenvalue weighted by Gasteiger charge is -2.36. The molecule has 4 rings (SSSR count). The van der Waals surface area contributed by atoms with E-state index >= 15 is 0 Å². The second-order valence-electron chi connectivity index (χ2n) is 5.62. The van der Waals surface area contributed by atoms with Crippen LogP contribution in [0.3, 0.4) is 0 Å². The minimum atomic E-state index is -0.626. The van der Waals surface area contributed by atoms with Gasteiger partial charge in [-0.2, -0.15) is 4.99 Å². The Bertz CT molecular complexity index is 587. The van der Waals surface area contributed by atoms with Crippen molar-refractivity contribution in [2.75, 3.05) is 0 Å². The SMILES string of the molecule is C[C@@]12/C(=N/c3nncs3)OC(=O)[C@]1(C)[C@H]1CC[C@@H]2O1. The zero-order valence-corrected chi connectivity index (χ0v) is 11.4. The highest BCUT2D eigenvalue weighted by Gasteiger charge is 2.75. The Morgan fingerprint density at radius 1 is 1.37 bits per heavy atom. The van der Waals surface area contributed by atoms with Crippen molar-refractivity contribution in [3.05, 3.63) is 5.51 Å². The first-order chi connectivity index (χ1) is 9.06.